The molecule has 0 amide bonds. The van der Waals surface area contributed by atoms with Gasteiger partial charge in [-0.15, -0.1) is 0 Å². The zero-order valence-corrected chi connectivity index (χ0v) is 13.4. The van der Waals surface area contributed by atoms with E-state index in [1.165, 1.54) is 12.1 Å². The number of hydrogen-bond acceptors (Lipinski definition) is 4. The Morgan fingerprint density at radius 2 is 2.24 bits per heavy atom. The van der Waals surface area contributed by atoms with E-state index >= 15 is 0 Å². The fraction of sp³-hybridized carbons (Fsp3) is 0.462. The number of rotatable bonds is 4. The summed E-state index contributed by atoms with van der Waals surface area (Å²) in [5.41, 5.74) is 4.44. The highest BCUT2D eigenvalue weighted by atomic mass is 32.2. The average Bonchev–Trinajstić information content (AvgIpc) is 2.67. The van der Waals surface area contributed by atoms with E-state index in [-0.39, 0.29) is 21.6 Å². The number of halogens is 1. The summed E-state index contributed by atoms with van der Waals surface area (Å²) in [5.74, 6) is -0.758. The van der Waals surface area contributed by atoms with Gasteiger partial charge in [0.05, 0.1) is 22.1 Å². The lowest BCUT2D eigenvalue weighted by molar-refractivity contribution is 0.0957. The van der Waals surface area contributed by atoms with Crippen molar-refractivity contribution in [1.29, 1.82) is 0 Å². The number of nitrogens with one attached hydrogen (secondary N) is 1. The van der Waals surface area contributed by atoms with Crippen molar-refractivity contribution < 1.29 is 17.5 Å². The first-order valence-electron chi connectivity index (χ1n) is 6.41. The van der Waals surface area contributed by atoms with Crippen molar-refractivity contribution in [3.8, 4) is 0 Å². The van der Waals surface area contributed by atoms with Crippen LogP contribution in [0.3, 0.4) is 0 Å². The highest BCUT2D eigenvalue weighted by Gasteiger charge is 2.41. The number of nitrogens with two attached hydrogens (primary N) is 1. The minimum Gasteiger partial charge on any atom is -0.389 e. The molecule has 0 aromatic heterocycles. The summed E-state index contributed by atoms with van der Waals surface area (Å²) in [6, 6.07) is 3.71. The molecule has 21 heavy (non-hydrogen) atoms. The van der Waals surface area contributed by atoms with Crippen LogP contribution in [-0.4, -0.2) is 31.7 Å². The Morgan fingerprint density at radius 1 is 1.57 bits per heavy atom. The Labute approximate surface area is 128 Å². The van der Waals surface area contributed by atoms with Gasteiger partial charge in [0.15, 0.2) is 0 Å². The first kappa shape index (κ1) is 16.3. The van der Waals surface area contributed by atoms with Crippen LogP contribution in [0.1, 0.15) is 25.8 Å². The van der Waals surface area contributed by atoms with Crippen LogP contribution in [0.2, 0.25) is 0 Å². The third-order valence-electron chi connectivity index (χ3n) is 3.77. The van der Waals surface area contributed by atoms with Crippen molar-refractivity contribution in [3.05, 3.63) is 29.6 Å². The molecule has 2 rings (SSSR count). The Hall–Kier alpha value is -1.09. The fourth-order valence-corrected chi connectivity index (χ4v) is 4.30. The SMILES string of the molecule is CC1OCCC1(C)NS(=O)(=O)c1cccc(F)c1C(N)=S. The Morgan fingerprint density at radius 3 is 2.76 bits per heavy atom. The lowest BCUT2D eigenvalue weighted by Gasteiger charge is -2.28. The monoisotopic (exact) mass is 332 g/mol. The molecule has 5 nitrogen and oxygen atoms in total. The van der Waals surface area contributed by atoms with E-state index in [2.05, 4.69) is 4.72 Å². The van der Waals surface area contributed by atoms with Crippen molar-refractivity contribution in [2.45, 2.75) is 36.8 Å². The lowest BCUT2D eigenvalue weighted by atomic mass is 9.97. The molecule has 0 saturated carbocycles. The molecule has 0 bridgehead atoms. The largest absolute Gasteiger partial charge is 0.389 e. The molecule has 1 aliphatic heterocycles. The summed E-state index contributed by atoms with van der Waals surface area (Å²) in [5, 5.41) is 0. The Bertz CT molecular complexity index is 678. The summed E-state index contributed by atoms with van der Waals surface area (Å²) in [6.07, 6.45) is 0.250. The van der Waals surface area contributed by atoms with E-state index in [0.29, 0.717) is 13.0 Å². The first-order chi connectivity index (χ1) is 9.67. The molecule has 0 radical (unpaired) electrons. The van der Waals surface area contributed by atoms with Crippen LogP contribution in [-0.2, 0) is 14.8 Å². The van der Waals surface area contributed by atoms with Gasteiger partial charge in [-0.05, 0) is 32.4 Å². The molecule has 3 N–H and O–H groups in total. The van der Waals surface area contributed by atoms with Gasteiger partial charge >= 0.3 is 0 Å². The second-order valence-corrected chi connectivity index (χ2v) is 7.35. The summed E-state index contributed by atoms with van der Waals surface area (Å²) < 4.78 is 47.0. The third-order valence-corrected chi connectivity index (χ3v) is 5.62. The second kappa shape index (κ2) is 5.60. The molecule has 1 aromatic rings. The number of thiocarbonyl (C=S) groups is 1. The van der Waals surface area contributed by atoms with Crippen LogP contribution >= 0.6 is 12.2 Å². The molecule has 1 aromatic carbocycles. The minimum atomic E-state index is -3.97. The molecule has 116 valence electrons. The van der Waals surface area contributed by atoms with Crippen molar-refractivity contribution >= 4 is 27.2 Å². The maximum Gasteiger partial charge on any atom is 0.241 e. The normalized spacial score (nSPS) is 26.0. The molecule has 0 spiro atoms. The fourth-order valence-electron chi connectivity index (χ4n) is 2.30. The number of benzene rings is 1. The Kier molecular flexibility index (Phi) is 4.34. The van der Waals surface area contributed by atoms with Crippen LogP contribution < -0.4 is 10.5 Å². The van der Waals surface area contributed by atoms with Gasteiger partial charge in [0.25, 0.3) is 0 Å². The molecular weight excluding hydrogens is 315 g/mol. The van der Waals surface area contributed by atoms with Crippen molar-refractivity contribution in [1.82, 2.24) is 4.72 Å². The van der Waals surface area contributed by atoms with Crippen molar-refractivity contribution in [2.24, 2.45) is 5.73 Å². The summed E-state index contributed by atoms with van der Waals surface area (Å²) in [6.45, 7) is 4.00. The molecule has 2 unspecified atom stereocenters. The quantitative estimate of drug-likeness (QED) is 0.813. The minimum absolute atomic E-state index is 0.254. The zero-order valence-electron chi connectivity index (χ0n) is 11.7. The lowest BCUT2D eigenvalue weighted by Crippen LogP contribution is -2.50. The van der Waals surface area contributed by atoms with E-state index < -0.39 is 21.4 Å². The summed E-state index contributed by atoms with van der Waals surface area (Å²) in [7, 11) is -3.97. The standard InChI is InChI=1S/C13H17FN2O3S2/c1-8-13(2,6-7-19-8)16-21(17,18)10-5-3-4-9(14)11(10)12(15)20/h3-5,8,16H,6-7H2,1-2H3,(H2,15,20). The number of sulfonamides is 1. The van der Waals surface area contributed by atoms with E-state index in [4.69, 9.17) is 22.7 Å². The van der Waals surface area contributed by atoms with Crippen molar-refractivity contribution in [3.63, 3.8) is 0 Å². The van der Waals surface area contributed by atoms with Gasteiger partial charge in [-0.25, -0.2) is 17.5 Å². The maximum absolute atomic E-state index is 13.8. The topological polar surface area (TPSA) is 81.4 Å². The highest BCUT2D eigenvalue weighted by Crippen LogP contribution is 2.28. The molecule has 8 heteroatoms. The highest BCUT2D eigenvalue weighted by molar-refractivity contribution is 7.89. The van der Waals surface area contributed by atoms with Crippen LogP contribution in [0.4, 0.5) is 4.39 Å². The zero-order chi connectivity index (χ0) is 15.8. The predicted octanol–water partition coefficient (Wildman–Crippen LogP) is 1.31. The van der Waals surface area contributed by atoms with Gasteiger partial charge in [0, 0.05) is 6.61 Å². The summed E-state index contributed by atoms with van der Waals surface area (Å²) in [4.78, 5) is -0.551. The van der Waals surface area contributed by atoms with Crippen LogP contribution in [0.5, 0.6) is 0 Å². The van der Waals surface area contributed by atoms with Gasteiger partial charge in [-0.2, -0.15) is 0 Å². The van der Waals surface area contributed by atoms with Crippen LogP contribution in [0.15, 0.2) is 23.1 Å². The van der Waals surface area contributed by atoms with E-state index in [1.807, 2.05) is 0 Å². The molecular formula is C13H17FN2O3S2. The maximum atomic E-state index is 13.8. The van der Waals surface area contributed by atoms with Gasteiger partial charge in [-0.3, -0.25) is 0 Å². The van der Waals surface area contributed by atoms with E-state index in [9.17, 15) is 12.8 Å². The molecule has 1 heterocycles. The number of hydrogen-bond donors (Lipinski definition) is 2. The van der Waals surface area contributed by atoms with E-state index in [1.54, 1.807) is 13.8 Å². The molecule has 1 aliphatic rings. The first-order valence-corrected chi connectivity index (χ1v) is 8.30. The molecule has 2 atom stereocenters. The van der Waals surface area contributed by atoms with Crippen LogP contribution in [0.25, 0.3) is 0 Å². The smallest absolute Gasteiger partial charge is 0.241 e. The second-order valence-electron chi connectivity index (χ2n) is 5.26. The van der Waals surface area contributed by atoms with Crippen LogP contribution in [0, 0.1) is 5.82 Å². The Balaban J connectivity index is 2.46. The van der Waals surface area contributed by atoms with Gasteiger partial charge < -0.3 is 10.5 Å². The molecule has 1 saturated heterocycles. The molecule has 0 aliphatic carbocycles. The van der Waals surface area contributed by atoms with Crippen molar-refractivity contribution in [2.75, 3.05) is 6.61 Å². The number of ether oxygens (including phenoxy) is 1. The van der Waals surface area contributed by atoms with E-state index in [0.717, 1.165) is 6.07 Å². The third kappa shape index (κ3) is 3.08. The molecule has 1 fully saturated rings. The summed E-state index contributed by atoms with van der Waals surface area (Å²) >= 11 is 4.76. The van der Waals surface area contributed by atoms with Gasteiger partial charge in [0.1, 0.15) is 10.8 Å². The average molecular weight is 332 g/mol. The van der Waals surface area contributed by atoms with Gasteiger partial charge in [0.2, 0.25) is 10.0 Å². The predicted molar refractivity (Wildman–Crippen MR) is 81.0 cm³/mol. The van der Waals surface area contributed by atoms with Gasteiger partial charge in [-0.1, -0.05) is 18.3 Å².